The number of amides is 1. The standard InChI is InChI=1S/C21H44N2O2.2C2H6/c1-8-13-21(11-4,12-5)25-17-14-20(9-2,10-3)19(24)23-16-15-22-18(6)7;2*1-2/h18,22H,8-17H2,1-7H3,(H,23,24);2*1-2H3. The summed E-state index contributed by atoms with van der Waals surface area (Å²) in [5.41, 5.74) is -0.323. The fraction of sp³-hybridized carbons (Fsp3) is 0.960. The fourth-order valence-corrected chi connectivity index (χ4v) is 3.56. The molecule has 0 aliphatic rings. The molecule has 0 saturated heterocycles. The molecule has 0 heterocycles. The highest BCUT2D eigenvalue weighted by Gasteiger charge is 2.35. The van der Waals surface area contributed by atoms with Crippen molar-refractivity contribution in [3.8, 4) is 0 Å². The Bertz CT molecular complexity index is 349. The minimum Gasteiger partial charge on any atom is -0.375 e. The Hall–Kier alpha value is -0.610. The van der Waals surface area contributed by atoms with E-state index in [2.05, 4.69) is 59.1 Å². The van der Waals surface area contributed by atoms with E-state index in [0.29, 0.717) is 19.2 Å². The van der Waals surface area contributed by atoms with Gasteiger partial charge in [-0.15, -0.1) is 0 Å². The van der Waals surface area contributed by atoms with Gasteiger partial charge in [0.05, 0.1) is 11.0 Å². The van der Waals surface area contributed by atoms with Crippen LogP contribution in [0.5, 0.6) is 0 Å². The van der Waals surface area contributed by atoms with Gasteiger partial charge in [0, 0.05) is 25.7 Å². The molecule has 4 nitrogen and oxygen atoms in total. The lowest BCUT2D eigenvalue weighted by Gasteiger charge is -2.35. The molecular weight excluding hydrogens is 360 g/mol. The van der Waals surface area contributed by atoms with Crippen molar-refractivity contribution < 1.29 is 9.53 Å². The summed E-state index contributed by atoms with van der Waals surface area (Å²) in [5, 5.41) is 6.47. The molecule has 178 valence electrons. The summed E-state index contributed by atoms with van der Waals surface area (Å²) in [6.45, 7) is 25.3. The topological polar surface area (TPSA) is 50.4 Å². The number of rotatable bonds is 15. The van der Waals surface area contributed by atoms with Gasteiger partial charge >= 0.3 is 0 Å². The molecule has 0 saturated carbocycles. The quantitative estimate of drug-likeness (QED) is 0.291. The average molecular weight is 417 g/mol. The van der Waals surface area contributed by atoms with E-state index in [-0.39, 0.29) is 16.9 Å². The lowest BCUT2D eigenvalue weighted by molar-refractivity contribution is -0.135. The van der Waals surface area contributed by atoms with Gasteiger partial charge in [-0.3, -0.25) is 4.79 Å². The Balaban J connectivity index is -0.00000158. The van der Waals surface area contributed by atoms with Gasteiger partial charge in [-0.25, -0.2) is 0 Å². The number of hydrogen-bond donors (Lipinski definition) is 2. The second-order valence-electron chi connectivity index (χ2n) is 7.59. The van der Waals surface area contributed by atoms with Crippen molar-refractivity contribution in [2.24, 2.45) is 5.41 Å². The molecule has 0 aliphatic carbocycles. The predicted octanol–water partition coefficient (Wildman–Crippen LogP) is 6.73. The second-order valence-corrected chi connectivity index (χ2v) is 7.59. The number of hydrogen-bond acceptors (Lipinski definition) is 3. The first-order valence-corrected chi connectivity index (χ1v) is 12.5. The van der Waals surface area contributed by atoms with Gasteiger partial charge in [-0.05, 0) is 38.5 Å². The van der Waals surface area contributed by atoms with Crippen LogP contribution < -0.4 is 10.6 Å². The molecular formula is C25H56N2O2. The Morgan fingerprint density at radius 2 is 1.34 bits per heavy atom. The Labute approximate surface area is 184 Å². The smallest absolute Gasteiger partial charge is 0.226 e. The Morgan fingerprint density at radius 1 is 0.828 bits per heavy atom. The second kappa shape index (κ2) is 20.7. The molecule has 0 spiro atoms. The van der Waals surface area contributed by atoms with Gasteiger partial charge in [-0.2, -0.15) is 0 Å². The number of nitrogens with one attached hydrogen (secondary N) is 2. The Morgan fingerprint density at radius 3 is 1.72 bits per heavy atom. The third kappa shape index (κ3) is 13.3. The van der Waals surface area contributed by atoms with Gasteiger partial charge in [0.1, 0.15) is 0 Å². The molecule has 0 aromatic carbocycles. The van der Waals surface area contributed by atoms with Gasteiger partial charge < -0.3 is 15.4 Å². The molecule has 4 heteroatoms. The van der Waals surface area contributed by atoms with E-state index in [9.17, 15) is 4.79 Å². The maximum absolute atomic E-state index is 12.8. The zero-order valence-electron chi connectivity index (χ0n) is 22.0. The summed E-state index contributed by atoms with van der Waals surface area (Å²) in [4.78, 5) is 12.8. The molecule has 1 amide bonds. The largest absolute Gasteiger partial charge is 0.375 e. The van der Waals surface area contributed by atoms with Gasteiger partial charge in [0.15, 0.2) is 0 Å². The summed E-state index contributed by atoms with van der Waals surface area (Å²) in [6, 6.07) is 0.446. The van der Waals surface area contributed by atoms with E-state index in [1.165, 1.54) is 0 Å². The maximum atomic E-state index is 12.8. The molecule has 0 aromatic heterocycles. The van der Waals surface area contributed by atoms with Crippen molar-refractivity contribution in [3.05, 3.63) is 0 Å². The van der Waals surface area contributed by atoms with Crippen LogP contribution in [0.3, 0.4) is 0 Å². The lowest BCUT2D eigenvalue weighted by atomic mass is 9.78. The SMILES string of the molecule is CC.CC.CCCC(CC)(CC)OCCC(CC)(CC)C(=O)NCCNC(C)C. The summed E-state index contributed by atoms with van der Waals surface area (Å²) in [6.07, 6.45) is 6.82. The van der Waals surface area contributed by atoms with Gasteiger partial charge in [-0.1, -0.05) is 82.6 Å². The maximum Gasteiger partial charge on any atom is 0.226 e. The zero-order valence-corrected chi connectivity index (χ0v) is 22.0. The summed E-state index contributed by atoms with van der Waals surface area (Å²) in [7, 11) is 0. The minimum absolute atomic E-state index is 0.0143. The van der Waals surface area contributed by atoms with Crippen molar-refractivity contribution >= 4 is 5.91 Å². The van der Waals surface area contributed by atoms with Crippen LogP contribution >= 0.6 is 0 Å². The first-order chi connectivity index (χ1) is 13.8. The first-order valence-electron chi connectivity index (χ1n) is 12.5. The number of carbonyl (C=O) groups excluding carboxylic acids is 1. The molecule has 0 aromatic rings. The van der Waals surface area contributed by atoms with Crippen LogP contribution in [-0.4, -0.2) is 37.2 Å². The third-order valence-corrected chi connectivity index (χ3v) is 5.78. The van der Waals surface area contributed by atoms with Crippen LogP contribution in [0.1, 0.15) is 121 Å². The highest BCUT2D eigenvalue weighted by Crippen LogP contribution is 2.33. The van der Waals surface area contributed by atoms with E-state index >= 15 is 0 Å². The summed E-state index contributed by atoms with van der Waals surface area (Å²) in [5.74, 6) is 0.181. The molecule has 0 rings (SSSR count). The van der Waals surface area contributed by atoms with Crippen LogP contribution in [0.4, 0.5) is 0 Å². The van der Waals surface area contributed by atoms with Crippen molar-refractivity contribution in [2.45, 2.75) is 133 Å². The first kappa shape index (κ1) is 33.0. The highest BCUT2D eigenvalue weighted by molar-refractivity contribution is 5.82. The van der Waals surface area contributed by atoms with Gasteiger partial charge in [0.2, 0.25) is 5.91 Å². The van der Waals surface area contributed by atoms with Crippen LogP contribution in [0.2, 0.25) is 0 Å². The van der Waals surface area contributed by atoms with E-state index in [1.807, 2.05) is 27.7 Å². The molecule has 0 radical (unpaired) electrons. The van der Waals surface area contributed by atoms with Crippen LogP contribution in [-0.2, 0) is 9.53 Å². The zero-order chi connectivity index (χ0) is 23.3. The third-order valence-electron chi connectivity index (χ3n) is 5.78. The molecule has 2 N–H and O–H groups in total. The van der Waals surface area contributed by atoms with E-state index < -0.39 is 0 Å². The molecule has 29 heavy (non-hydrogen) atoms. The predicted molar refractivity (Wildman–Crippen MR) is 131 cm³/mol. The molecule has 0 atom stereocenters. The summed E-state index contributed by atoms with van der Waals surface area (Å²) >= 11 is 0. The van der Waals surface area contributed by atoms with Gasteiger partial charge in [0.25, 0.3) is 0 Å². The van der Waals surface area contributed by atoms with Crippen LogP contribution in [0.25, 0.3) is 0 Å². The number of ether oxygens (including phenoxy) is 1. The molecule has 0 fully saturated rings. The fourth-order valence-electron chi connectivity index (χ4n) is 3.56. The van der Waals surface area contributed by atoms with E-state index in [1.54, 1.807) is 0 Å². The van der Waals surface area contributed by atoms with Crippen LogP contribution in [0.15, 0.2) is 0 Å². The van der Waals surface area contributed by atoms with Crippen molar-refractivity contribution in [3.63, 3.8) is 0 Å². The van der Waals surface area contributed by atoms with E-state index in [4.69, 9.17) is 4.74 Å². The molecule has 0 bridgehead atoms. The van der Waals surface area contributed by atoms with E-state index in [0.717, 1.165) is 51.5 Å². The lowest BCUT2D eigenvalue weighted by Crippen LogP contribution is -2.44. The monoisotopic (exact) mass is 416 g/mol. The Kier molecular flexibility index (Phi) is 23.5. The van der Waals surface area contributed by atoms with Crippen molar-refractivity contribution in [1.29, 1.82) is 0 Å². The number of carbonyl (C=O) groups is 1. The van der Waals surface area contributed by atoms with Crippen LogP contribution in [0, 0.1) is 5.41 Å². The van der Waals surface area contributed by atoms with Crippen molar-refractivity contribution in [2.75, 3.05) is 19.7 Å². The highest BCUT2D eigenvalue weighted by atomic mass is 16.5. The summed E-state index contributed by atoms with van der Waals surface area (Å²) < 4.78 is 6.34. The average Bonchev–Trinajstić information content (AvgIpc) is 2.76. The minimum atomic E-state index is -0.308. The van der Waals surface area contributed by atoms with Crippen molar-refractivity contribution in [1.82, 2.24) is 10.6 Å². The molecule has 0 aliphatic heterocycles. The normalized spacial score (nSPS) is 11.3. The molecule has 0 unspecified atom stereocenters.